The molecule has 0 unspecified atom stereocenters. The van der Waals surface area contributed by atoms with Gasteiger partial charge in [-0.15, -0.1) is 39.5 Å². The summed E-state index contributed by atoms with van der Waals surface area (Å²) < 4.78 is 396. The molecule has 0 bridgehead atoms. The molecule has 4 nitrogen and oxygen atoms in total. The summed E-state index contributed by atoms with van der Waals surface area (Å²) >= 11 is 0. The zero-order valence-corrected chi connectivity index (χ0v) is 23.5. The van der Waals surface area contributed by atoms with E-state index >= 15 is 0 Å². The first-order valence-corrected chi connectivity index (χ1v) is 12.3. The van der Waals surface area contributed by atoms with Crippen LogP contribution in [0.2, 0.25) is 0 Å². The molecular formula is C16H6F30O4Si. The fourth-order valence-electron chi connectivity index (χ4n) is 2.46. The highest BCUT2D eigenvalue weighted by atomic mass is 28.4. The van der Waals surface area contributed by atoms with Crippen LogP contribution in [-0.4, -0.2) is 92.8 Å². The van der Waals surface area contributed by atoms with Gasteiger partial charge in [-0.3, -0.25) is 13.3 Å². The quantitative estimate of drug-likeness (QED) is 0.145. The maximum atomic E-state index is 14.2. The summed E-state index contributed by atoms with van der Waals surface area (Å²) in [5.41, 5.74) is -9.38. The van der Waals surface area contributed by atoms with Crippen LogP contribution in [0.25, 0.3) is 0 Å². The van der Waals surface area contributed by atoms with E-state index in [4.69, 9.17) is 0 Å². The highest BCUT2D eigenvalue weighted by molar-refractivity contribution is 6.64. The van der Waals surface area contributed by atoms with Crippen molar-refractivity contribution in [3.63, 3.8) is 0 Å². The van der Waals surface area contributed by atoms with Crippen LogP contribution in [0.5, 0.6) is 0 Å². The lowest BCUT2D eigenvalue weighted by molar-refractivity contribution is -0.474. The molecule has 0 fully saturated rings. The minimum Gasteiger partial charge on any atom is -0.300 e. The van der Waals surface area contributed by atoms with Gasteiger partial charge < -0.3 is 4.79 Å². The molecule has 308 valence electrons. The van der Waals surface area contributed by atoms with Crippen molar-refractivity contribution in [1.29, 1.82) is 0 Å². The molecule has 35 heteroatoms. The fraction of sp³-hybridized carbons (Fsp3) is 0.938. The zero-order valence-electron chi connectivity index (χ0n) is 22.5. The smallest absolute Gasteiger partial charge is 0.300 e. The van der Waals surface area contributed by atoms with Crippen molar-refractivity contribution in [2.75, 3.05) is 0 Å². The fourth-order valence-corrected chi connectivity index (χ4v) is 4.43. The Morgan fingerprint density at radius 2 is 0.490 bits per heavy atom. The van der Waals surface area contributed by atoms with Crippen LogP contribution in [-0.2, 0) is 18.1 Å². The summed E-state index contributed by atoms with van der Waals surface area (Å²) in [6.07, 6.45) is -31.8. The molecule has 0 atom stereocenters. The molecule has 0 N–H and O–H groups in total. The van der Waals surface area contributed by atoms with Gasteiger partial charge in [0.05, 0.1) is 0 Å². The topological polar surface area (TPSA) is 44.8 Å². The second-order valence-electron chi connectivity index (χ2n) is 8.78. The van der Waals surface area contributed by atoms with Crippen LogP contribution in [0.15, 0.2) is 0 Å². The summed E-state index contributed by atoms with van der Waals surface area (Å²) in [6, 6.07) is 0. The minimum atomic E-state index is -10.7. The largest absolute Gasteiger partial charge is 0.601 e. The van der Waals surface area contributed by atoms with Gasteiger partial charge in [0.1, 0.15) is 5.78 Å². The van der Waals surface area contributed by atoms with Crippen molar-refractivity contribution in [1.82, 2.24) is 0 Å². The lowest BCUT2D eigenvalue weighted by Gasteiger charge is -2.46. The highest BCUT2D eigenvalue weighted by Crippen LogP contribution is 2.67. The Bertz CT molecular complexity index is 1160. The Labute approximate surface area is 257 Å². The maximum absolute atomic E-state index is 14.2. The van der Waals surface area contributed by atoms with Crippen LogP contribution in [0.4, 0.5) is 132 Å². The molecule has 0 radical (unpaired) electrons. The van der Waals surface area contributed by atoms with Gasteiger partial charge in [-0.1, -0.05) is 0 Å². The molecule has 0 amide bonds. The van der Waals surface area contributed by atoms with Crippen LogP contribution in [0.1, 0.15) is 13.8 Å². The van der Waals surface area contributed by atoms with Crippen molar-refractivity contribution in [3.05, 3.63) is 0 Å². The molecule has 51 heavy (non-hydrogen) atoms. The Morgan fingerprint density at radius 3 is 0.647 bits per heavy atom. The van der Waals surface area contributed by atoms with Gasteiger partial charge in [0, 0.05) is 0 Å². The second-order valence-corrected chi connectivity index (χ2v) is 11.1. The Balaban J connectivity index is 0. The molecule has 0 heterocycles. The van der Waals surface area contributed by atoms with E-state index in [1.807, 2.05) is 0 Å². The van der Waals surface area contributed by atoms with Crippen molar-refractivity contribution in [2.45, 2.75) is 92.0 Å². The first-order chi connectivity index (χ1) is 21.4. The molecule has 0 aliphatic rings. The maximum Gasteiger partial charge on any atom is 0.601 e. The molecule has 0 aromatic rings. The highest BCUT2D eigenvalue weighted by Gasteiger charge is 3.00. The van der Waals surface area contributed by atoms with Gasteiger partial charge in [-0.05, 0) is 13.8 Å². The van der Waals surface area contributed by atoms with E-state index in [0.29, 0.717) is 0 Å². The molecule has 0 aromatic heterocycles. The van der Waals surface area contributed by atoms with Crippen LogP contribution in [0.3, 0.4) is 0 Å². The Morgan fingerprint density at radius 1 is 0.333 bits per heavy atom. The molecule has 0 rings (SSSR count). The molecule has 0 saturated heterocycles. The summed E-state index contributed by atoms with van der Waals surface area (Å²) in [5.74, 6) is -77.0. The lowest BCUT2D eigenvalue weighted by atomic mass is 9.87. The molecule has 0 aliphatic carbocycles. The molecule has 0 aromatic carbocycles. The number of hydrogen-bond donors (Lipinski definition) is 0. The predicted octanol–water partition coefficient (Wildman–Crippen LogP) is 9.95. The zero-order chi connectivity index (χ0) is 42.7. The predicted molar refractivity (Wildman–Crippen MR) is 94.1 cm³/mol. The normalized spacial score (nSPS) is 16.2. The number of rotatable bonds is 12. The number of halogens is 30. The first kappa shape index (κ1) is 50.8. The van der Waals surface area contributed by atoms with Gasteiger partial charge in [0.2, 0.25) is 0 Å². The lowest BCUT2D eigenvalue weighted by Crippen LogP contribution is -2.80. The summed E-state index contributed by atoms with van der Waals surface area (Å²) in [4.78, 5) is 9.44. The van der Waals surface area contributed by atoms with E-state index in [2.05, 4.69) is 0 Å². The Kier molecular flexibility index (Phi) is 13.4. The Hall–Kier alpha value is -2.33. The summed E-state index contributed by atoms with van der Waals surface area (Å²) in [6.45, 7) is 3.06. The van der Waals surface area contributed by atoms with Gasteiger partial charge >= 0.3 is 87.0 Å². The number of Topliss-reactive ketones (excluding diaryl/α,β-unsaturated/α-hetero) is 1. The van der Waals surface area contributed by atoms with E-state index in [1.165, 1.54) is 27.1 Å². The number of carbonyl (C=O) groups is 1. The number of ketones is 1. The van der Waals surface area contributed by atoms with E-state index in [1.54, 1.807) is 0 Å². The van der Waals surface area contributed by atoms with E-state index in [9.17, 15) is 137 Å². The number of alkyl halides is 30. The third kappa shape index (κ3) is 8.90. The summed E-state index contributed by atoms with van der Waals surface area (Å²) in [7, 11) is -10.7. The van der Waals surface area contributed by atoms with Gasteiger partial charge in [-0.2, -0.15) is 92.2 Å². The SMILES string of the molecule is CC(C)=O.FC(F)(F)O[Si](OC(F)(F)F)(OC(F)(F)F)C(F)(F)C(F)(F)C(F)(F)C(F)(F)C(F)(F)C(F)(F)C(F)(F)C(F)(F)C(F)(F)C(F)(F)F. The van der Waals surface area contributed by atoms with E-state index in [-0.39, 0.29) is 5.78 Å². The van der Waals surface area contributed by atoms with Crippen LogP contribution in [0, 0.1) is 0 Å². The summed E-state index contributed by atoms with van der Waals surface area (Å²) in [5, 5.41) is 0. The standard InChI is InChI=1S/C13F30O3Si.C3H6O/c14-1(15,3(18,19)5(22,23)7(26,27)9(30,31)32)2(16,17)4(20,21)6(24,25)8(28,29)10(33,34)47(44-11(35,36)37,45-12(38,39)40)46-13(41,42)43;1-3(2)4/h;1-2H3. The average molecular weight is 860 g/mol. The second kappa shape index (κ2) is 13.5. The number of hydrogen-bond acceptors (Lipinski definition) is 4. The molecule has 0 aliphatic heterocycles. The third-order valence-electron chi connectivity index (χ3n) is 4.65. The molecule has 0 spiro atoms. The van der Waals surface area contributed by atoms with Crippen molar-refractivity contribution >= 4 is 14.6 Å². The van der Waals surface area contributed by atoms with Gasteiger partial charge in [0.15, 0.2) is 0 Å². The van der Waals surface area contributed by atoms with Crippen molar-refractivity contribution in [2.24, 2.45) is 0 Å². The monoisotopic (exact) mass is 860 g/mol. The van der Waals surface area contributed by atoms with E-state index in [0.717, 1.165) is 0 Å². The van der Waals surface area contributed by atoms with Crippen molar-refractivity contribution < 1.29 is 150 Å². The van der Waals surface area contributed by atoms with Crippen LogP contribution < -0.4 is 0 Å². The van der Waals surface area contributed by atoms with Gasteiger partial charge in [0.25, 0.3) is 0 Å². The average Bonchev–Trinajstić information content (AvgIpc) is 2.78. The first-order valence-electron chi connectivity index (χ1n) is 10.6. The third-order valence-corrected chi connectivity index (χ3v) is 7.23. The van der Waals surface area contributed by atoms with Crippen LogP contribution >= 0.6 is 0 Å². The molecular weight excluding hydrogens is 854 g/mol. The van der Waals surface area contributed by atoms with Gasteiger partial charge in [-0.25, -0.2) is 0 Å². The van der Waals surface area contributed by atoms with Crippen molar-refractivity contribution in [3.8, 4) is 0 Å². The van der Waals surface area contributed by atoms with E-state index < -0.39 is 87.0 Å². The minimum absolute atomic E-state index is 0.167. The number of carbonyl (C=O) groups excluding carboxylic acids is 1. The molecule has 0 saturated carbocycles.